The number of rotatable bonds is 5. The monoisotopic (exact) mass is 253 g/mol. The molecule has 1 atom stereocenters. The zero-order valence-electron chi connectivity index (χ0n) is 11.2. The van der Waals surface area contributed by atoms with Gasteiger partial charge in [0.05, 0.1) is 5.52 Å². The van der Waals surface area contributed by atoms with E-state index >= 15 is 0 Å². The molecule has 0 spiro atoms. The number of terminal acetylenes is 1. The van der Waals surface area contributed by atoms with Crippen LogP contribution in [0.2, 0.25) is 0 Å². The van der Waals surface area contributed by atoms with E-state index in [9.17, 15) is 0 Å². The molecule has 0 fully saturated rings. The van der Waals surface area contributed by atoms with Crippen molar-refractivity contribution >= 4 is 10.9 Å². The number of nitrogens with two attached hydrogens (primary N) is 1. The first-order valence-electron chi connectivity index (χ1n) is 6.49. The van der Waals surface area contributed by atoms with E-state index < -0.39 is 0 Å². The maximum Gasteiger partial charge on any atom is 0.0705 e. The van der Waals surface area contributed by atoms with Crippen LogP contribution in [0, 0.1) is 19.3 Å². The Bertz CT molecular complexity index is 598. The van der Waals surface area contributed by atoms with E-state index in [1.807, 2.05) is 19.1 Å². The van der Waals surface area contributed by atoms with E-state index in [4.69, 9.17) is 12.2 Å². The summed E-state index contributed by atoms with van der Waals surface area (Å²) in [6, 6.07) is 10.5. The summed E-state index contributed by atoms with van der Waals surface area (Å²) in [7, 11) is 0. The van der Waals surface area contributed by atoms with Crippen molar-refractivity contribution in [2.24, 2.45) is 5.73 Å². The quantitative estimate of drug-likeness (QED) is 0.634. The maximum absolute atomic E-state index is 5.83. The Hall–Kier alpha value is -1.89. The Morgan fingerprint density at radius 3 is 2.95 bits per heavy atom. The van der Waals surface area contributed by atoms with Gasteiger partial charge in [-0.15, -0.1) is 12.3 Å². The lowest BCUT2D eigenvalue weighted by atomic mass is 10.0. The Balaban J connectivity index is 2.23. The molecule has 0 saturated heterocycles. The molecule has 1 aromatic heterocycles. The predicted molar refractivity (Wildman–Crippen MR) is 79.7 cm³/mol. The number of fused-ring (bicyclic) bond motifs is 1. The van der Waals surface area contributed by atoms with E-state index in [0.717, 1.165) is 23.1 Å². The molecule has 0 bridgehead atoms. The van der Waals surface area contributed by atoms with Crippen LogP contribution >= 0.6 is 0 Å². The lowest BCUT2D eigenvalue weighted by Gasteiger charge is -2.17. The van der Waals surface area contributed by atoms with E-state index in [1.54, 1.807) is 0 Å². The first-order chi connectivity index (χ1) is 9.24. The van der Waals surface area contributed by atoms with E-state index in [0.29, 0.717) is 13.0 Å². The van der Waals surface area contributed by atoms with Gasteiger partial charge in [-0.05, 0) is 30.7 Å². The maximum atomic E-state index is 5.83. The highest BCUT2D eigenvalue weighted by Gasteiger charge is 2.09. The van der Waals surface area contributed by atoms with Crippen LogP contribution in [-0.4, -0.2) is 18.1 Å². The second kappa shape index (κ2) is 6.33. The zero-order valence-corrected chi connectivity index (χ0v) is 11.2. The highest BCUT2D eigenvalue weighted by atomic mass is 14.9. The fourth-order valence-electron chi connectivity index (χ4n) is 2.12. The van der Waals surface area contributed by atoms with E-state index in [2.05, 4.69) is 34.4 Å². The Kier molecular flexibility index (Phi) is 4.51. The van der Waals surface area contributed by atoms with Crippen molar-refractivity contribution in [3.05, 3.63) is 41.6 Å². The molecule has 0 radical (unpaired) electrons. The van der Waals surface area contributed by atoms with E-state index in [-0.39, 0.29) is 6.04 Å². The average Bonchev–Trinajstić information content (AvgIpc) is 2.43. The van der Waals surface area contributed by atoms with Gasteiger partial charge in [0.15, 0.2) is 0 Å². The molecule has 0 aliphatic rings. The minimum absolute atomic E-state index is 0.138. The highest BCUT2D eigenvalue weighted by molar-refractivity contribution is 5.79. The molecule has 0 aliphatic carbocycles. The molecule has 2 aromatic rings. The predicted octanol–water partition coefficient (Wildman–Crippen LogP) is 2.16. The van der Waals surface area contributed by atoms with Gasteiger partial charge < -0.3 is 11.1 Å². The minimum atomic E-state index is 0.138. The smallest absolute Gasteiger partial charge is 0.0705 e. The van der Waals surface area contributed by atoms with Crippen molar-refractivity contribution in [2.75, 3.05) is 13.1 Å². The summed E-state index contributed by atoms with van der Waals surface area (Å²) in [6.07, 6.45) is 5.97. The Labute approximate surface area is 114 Å². The van der Waals surface area contributed by atoms with Crippen molar-refractivity contribution in [3.8, 4) is 12.3 Å². The van der Waals surface area contributed by atoms with Crippen LogP contribution < -0.4 is 11.1 Å². The number of aryl methyl sites for hydroxylation is 1. The van der Waals surface area contributed by atoms with Gasteiger partial charge >= 0.3 is 0 Å². The molecule has 1 heterocycles. The van der Waals surface area contributed by atoms with Crippen LogP contribution in [-0.2, 0) is 0 Å². The number of pyridine rings is 1. The number of hydrogen-bond donors (Lipinski definition) is 2. The lowest BCUT2D eigenvalue weighted by molar-refractivity contribution is 0.551. The molecule has 3 N–H and O–H groups in total. The summed E-state index contributed by atoms with van der Waals surface area (Å²) in [5.41, 5.74) is 9.05. The van der Waals surface area contributed by atoms with Gasteiger partial charge in [0.1, 0.15) is 0 Å². The highest BCUT2D eigenvalue weighted by Crippen LogP contribution is 2.19. The number of nitrogens with zero attached hydrogens (tertiary/aromatic N) is 1. The Morgan fingerprint density at radius 1 is 1.37 bits per heavy atom. The molecular formula is C16H19N3. The zero-order chi connectivity index (χ0) is 13.7. The van der Waals surface area contributed by atoms with Crippen molar-refractivity contribution in [2.45, 2.75) is 19.4 Å². The number of aromatic nitrogens is 1. The normalized spacial score (nSPS) is 12.3. The molecule has 0 aliphatic heterocycles. The van der Waals surface area contributed by atoms with Gasteiger partial charge in [-0.2, -0.15) is 0 Å². The lowest BCUT2D eigenvalue weighted by Crippen LogP contribution is -2.28. The standard InChI is InChI=1S/C16H19N3/c1-3-4-9-18-16(11-17)14-7-8-15-13(10-14)6-5-12(2)19-15/h1,5-8,10,16,18H,4,9,11,17H2,2H3. The molecule has 19 heavy (non-hydrogen) atoms. The van der Waals surface area contributed by atoms with Crippen LogP contribution in [0.4, 0.5) is 0 Å². The third kappa shape index (κ3) is 3.31. The van der Waals surface area contributed by atoms with Crippen LogP contribution in [0.25, 0.3) is 10.9 Å². The number of nitrogens with one attached hydrogen (secondary N) is 1. The summed E-state index contributed by atoms with van der Waals surface area (Å²) in [4.78, 5) is 4.50. The third-order valence-electron chi connectivity index (χ3n) is 3.15. The third-order valence-corrected chi connectivity index (χ3v) is 3.15. The molecule has 2 rings (SSSR count). The molecule has 1 aromatic carbocycles. The van der Waals surface area contributed by atoms with Gasteiger partial charge in [0, 0.05) is 36.6 Å². The fourth-order valence-corrected chi connectivity index (χ4v) is 2.12. The second-order valence-corrected chi connectivity index (χ2v) is 4.60. The summed E-state index contributed by atoms with van der Waals surface area (Å²) in [5.74, 6) is 2.62. The topological polar surface area (TPSA) is 50.9 Å². The van der Waals surface area contributed by atoms with Crippen LogP contribution in [0.15, 0.2) is 30.3 Å². The fraction of sp³-hybridized carbons (Fsp3) is 0.312. The molecular weight excluding hydrogens is 234 g/mol. The second-order valence-electron chi connectivity index (χ2n) is 4.60. The first kappa shape index (κ1) is 13.5. The molecule has 3 heteroatoms. The largest absolute Gasteiger partial charge is 0.329 e. The van der Waals surface area contributed by atoms with Crippen molar-refractivity contribution in [1.82, 2.24) is 10.3 Å². The molecule has 98 valence electrons. The minimum Gasteiger partial charge on any atom is -0.329 e. The summed E-state index contributed by atoms with van der Waals surface area (Å²) in [5, 5.41) is 4.51. The van der Waals surface area contributed by atoms with E-state index in [1.165, 1.54) is 5.56 Å². The van der Waals surface area contributed by atoms with Gasteiger partial charge in [0.2, 0.25) is 0 Å². The molecule has 0 saturated carbocycles. The van der Waals surface area contributed by atoms with Crippen LogP contribution in [0.1, 0.15) is 23.7 Å². The molecule has 0 amide bonds. The summed E-state index contributed by atoms with van der Waals surface area (Å²) < 4.78 is 0. The van der Waals surface area contributed by atoms with Gasteiger partial charge in [-0.3, -0.25) is 4.98 Å². The van der Waals surface area contributed by atoms with Crippen LogP contribution in [0.5, 0.6) is 0 Å². The number of hydrogen-bond acceptors (Lipinski definition) is 3. The van der Waals surface area contributed by atoms with Crippen molar-refractivity contribution in [3.63, 3.8) is 0 Å². The molecule has 3 nitrogen and oxygen atoms in total. The first-order valence-corrected chi connectivity index (χ1v) is 6.49. The average molecular weight is 253 g/mol. The summed E-state index contributed by atoms with van der Waals surface area (Å²) >= 11 is 0. The SMILES string of the molecule is C#CCCNC(CN)c1ccc2nc(C)ccc2c1. The van der Waals surface area contributed by atoms with Crippen molar-refractivity contribution in [1.29, 1.82) is 0 Å². The molecule has 1 unspecified atom stereocenters. The summed E-state index contributed by atoms with van der Waals surface area (Å²) in [6.45, 7) is 3.33. The van der Waals surface area contributed by atoms with Gasteiger partial charge in [0.25, 0.3) is 0 Å². The Morgan fingerprint density at radius 2 is 2.21 bits per heavy atom. The number of benzene rings is 1. The van der Waals surface area contributed by atoms with Gasteiger partial charge in [-0.1, -0.05) is 12.1 Å². The van der Waals surface area contributed by atoms with Crippen LogP contribution in [0.3, 0.4) is 0 Å². The van der Waals surface area contributed by atoms with Crippen molar-refractivity contribution < 1.29 is 0 Å². The van der Waals surface area contributed by atoms with Gasteiger partial charge in [-0.25, -0.2) is 0 Å².